The van der Waals surface area contributed by atoms with Crippen LogP contribution in [-0.2, 0) is 14.3 Å². The summed E-state index contributed by atoms with van der Waals surface area (Å²) >= 11 is 0. The largest absolute Gasteiger partial charge is 0.462 e. The van der Waals surface area contributed by atoms with Crippen LogP contribution in [0.5, 0.6) is 0 Å². The van der Waals surface area contributed by atoms with Crippen molar-refractivity contribution in [3.05, 3.63) is 24.4 Å². The molecule has 5 nitrogen and oxygen atoms in total. The van der Waals surface area contributed by atoms with Gasteiger partial charge < -0.3 is 20.4 Å². The number of aliphatic hydroxyl groups is 1. The van der Waals surface area contributed by atoms with E-state index in [-0.39, 0.29) is 18.6 Å². The number of cyclic esters (lactones) is 1. The van der Waals surface area contributed by atoms with Gasteiger partial charge in [-0.15, -0.1) is 6.58 Å². The molecule has 5 heteroatoms. The molecule has 3 N–H and O–H groups in total. The monoisotopic (exact) mass is 211 g/mol. The normalized spacial score (nSPS) is 30.7. The summed E-state index contributed by atoms with van der Waals surface area (Å²) in [6, 6.07) is 0. The lowest BCUT2D eigenvalue weighted by Crippen LogP contribution is -2.47. The van der Waals surface area contributed by atoms with Gasteiger partial charge in [0.15, 0.2) is 0 Å². The Morgan fingerprint density at radius 2 is 2.33 bits per heavy atom. The van der Waals surface area contributed by atoms with Crippen molar-refractivity contribution in [1.82, 2.24) is 0 Å². The highest BCUT2D eigenvalue weighted by Gasteiger charge is 2.45. The van der Waals surface area contributed by atoms with Crippen molar-refractivity contribution in [2.45, 2.75) is 12.0 Å². The molecule has 0 aromatic rings. The van der Waals surface area contributed by atoms with Crippen LogP contribution in [0.15, 0.2) is 24.4 Å². The first-order chi connectivity index (χ1) is 7.10. The standard InChI is InChI=1S/C10H13NO4/c1-2-7(6-12)10(14)3-4-15-9(13)8(10)5-11/h2,5-7,14H,1,3-4,11H2/t7-,10-/m0/s1. The number of nitrogens with two attached hydrogens (primary N) is 1. The summed E-state index contributed by atoms with van der Waals surface area (Å²) < 4.78 is 4.72. The summed E-state index contributed by atoms with van der Waals surface area (Å²) in [4.78, 5) is 22.1. The van der Waals surface area contributed by atoms with Gasteiger partial charge in [-0.1, -0.05) is 6.08 Å². The fourth-order valence-corrected chi connectivity index (χ4v) is 1.61. The fraction of sp³-hybridized carbons (Fsp3) is 0.400. The Morgan fingerprint density at radius 1 is 1.67 bits per heavy atom. The van der Waals surface area contributed by atoms with E-state index in [0.29, 0.717) is 6.29 Å². The zero-order valence-electron chi connectivity index (χ0n) is 8.18. The summed E-state index contributed by atoms with van der Waals surface area (Å²) in [5.74, 6) is -1.56. The number of hydrogen-bond donors (Lipinski definition) is 2. The molecule has 0 aromatic carbocycles. The van der Waals surface area contributed by atoms with Gasteiger partial charge in [0, 0.05) is 12.6 Å². The van der Waals surface area contributed by atoms with E-state index in [4.69, 9.17) is 10.5 Å². The van der Waals surface area contributed by atoms with E-state index < -0.39 is 17.5 Å². The highest BCUT2D eigenvalue weighted by Crippen LogP contribution is 2.33. The Morgan fingerprint density at radius 3 is 2.80 bits per heavy atom. The van der Waals surface area contributed by atoms with Gasteiger partial charge in [0.25, 0.3) is 0 Å². The zero-order chi connectivity index (χ0) is 11.5. The minimum Gasteiger partial charge on any atom is -0.462 e. The number of ether oxygens (including phenoxy) is 1. The van der Waals surface area contributed by atoms with Crippen LogP contribution >= 0.6 is 0 Å². The van der Waals surface area contributed by atoms with Gasteiger partial charge >= 0.3 is 5.97 Å². The van der Waals surface area contributed by atoms with Crippen LogP contribution in [0.1, 0.15) is 6.42 Å². The molecule has 1 heterocycles. The van der Waals surface area contributed by atoms with Gasteiger partial charge in [-0.2, -0.15) is 0 Å². The predicted octanol–water partition coefficient (Wildman–Crippen LogP) is -0.492. The number of hydrogen-bond acceptors (Lipinski definition) is 5. The fourth-order valence-electron chi connectivity index (χ4n) is 1.61. The molecule has 1 saturated heterocycles. The average Bonchev–Trinajstić information content (AvgIpc) is 2.19. The molecule has 0 amide bonds. The third kappa shape index (κ3) is 1.78. The van der Waals surface area contributed by atoms with Crippen LogP contribution in [0, 0.1) is 5.92 Å². The molecule has 0 bridgehead atoms. The molecular weight excluding hydrogens is 198 g/mol. The van der Waals surface area contributed by atoms with Crippen molar-refractivity contribution < 1.29 is 19.4 Å². The lowest BCUT2D eigenvalue weighted by molar-refractivity contribution is -0.150. The number of carbonyl (C=O) groups excluding carboxylic acids is 2. The number of carbonyl (C=O) groups is 2. The van der Waals surface area contributed by atoms with E-state index in [2.05, 4.69) is 6.58 Å². The van der Waals surface area contributed by atoms with Crippen LogP contribution in [0.3, 0.4) is 0 Å². The second-order valence-corrected chi connectivity index (χ2v) is 3.29. The summed E-state index contributed by atoms with van der Waals surface area (Å²) in [6.07, 6.45) is 2.93. The third-order valence-electron chi connectivity index (χ3n) is 2.52. The maximum Gasteiger partial charge on any atom is 0.338 e. The average molecular weight is 211 g/mol. The maximum absolute atomic E-state index is 11.3. The van der Waals surface area contributed by atoms with Crippen molar-refractivity contribution in [2.75, 3.05) is 6.61 Å². The molecular formula is C10H13NO4. The van der Waals surface area contributed by atoms with Crippen LogP contribution in [-0.4, -0.2) is 29.6 Å². The SMILES string of the molecule is C=C[C@@H](C=O)[C@@]1(O)CCOC(=O)C1=CN. The smallest absolute Gasteiger partial charge is 0.338 e. The van der Waals surface area contributed by atoms with Crippen LogP contribution < -0.4 is 5.73 Å². The lowest BCUT2D eigenvalue weighted by Gasteiger charge is -2.35. The van der Waals surface area contributed by atoms with E-state index in [1.807, 2.05) is 0 Å². The lowest BCUT2D eigenvalue weighted by atomic mass is 9.78. The first-order valence-corrected chi connectivity index (χ1v) is 4.50. The van der Waals surface area contributed by atoms with Crippen molar-refractivity contribution in [3.8, 4) is 0 Å². The molecule has 1 rings (SSSR count). The Hall–Kier alpha value is -1.62. The minimum absolute atomic E-state index is 0.0604. The summed E-state index contributed by atoms with van der Waals surface area (Å²) in [5.41, 5.74) is 3.56. The van der Waals surface area contributed by atoms with Gasteiger partial charge in [-0.25, -0.2) is 4.79 Å². The second kappa shape index (κ2) is 4.27. The minimum atomic E-state index is -1.59. The van der Waals surface area contributed by atoms with E-state index in [9.17, 15) is 14.7 Å². The van der Waals surface area contributed by atoms with Crippen molar-refractivity contribution in [1.29, 1.82) is 0 Å². The van der Waals surface area contributed by atoms with Gasteiger partial charge in [0.2, 0.25) is 0 Å². The second-order valence-electron chi connectivity index (χ2n) is 3.29. The van der Waals surface area contributed by atoms with Crippen LogP contribution in [0.25, 0.3) is 0 Å². The molecule has 82 valence electrons. The van der Waals surface area contributed by atoms with Gasteiger partial charge in [0.1, 0.15) is 11.9 Å². The molecule has 15 heavy (non-hydrogen) atoms. The molecule has 1 aliphatic heterocycles. The number of esters is 1. The Bertz CT molecular complexity index is 315. The number of aldehydes is 1. The highest BCUT2D eigenvalue weighted by molar-refractivity contribution is 5.92. The van der Waals surface area contributed by atoms with Crippen molar-refractivity contribution >= 4 is 12.3 Å². The predicted molar refractivity (Wildman–Crippen MR) is 52.5 cm³/mol. The molecule has 2 atom stereocenters. The van der Waals surface area contributed by atoms with E-state index in [0.717, 1.165) is 6.20 Å². The third-order valence-corrected chi connectivity index (χ3v) is 2.52. The quantitative estimate of drug-likeness (QED) is 0.284. The van der Waals surface area contributed by atoms with Crippen molar-refractivity contribution in [2.24, 2.45) is 11.7 Å². The van der Waals surface area contributed by atoms with Crippen LogP contribution in [0.2, 0.25) is 0 Å². The first kappa shape index (κ1) is 11.5. The summed E-state index contributed by atoms with van der Waals surface area (Å²) in [7, 11) is 0. The highest BCUT2D eigenvalue weighted by atomic mass is 16.5. The Kier molecular flexibility index (Phi) is 3.26. The van der Waals surface area contributed by atoms with Gasteiger partial charge in [0.05, 0.1) is 18.1 Å². The van der Waals surface area contributed by atoms with E-state index in [1.165, 1.54) is 6.08 Å². The molecule has 0 saturated carbocycles. The Labute approximate surface area is 87.2 Å². The van der Waals surface area contributed by atoms with E-state index >= 15 is 0 Å². The van der Waals surface area contributed by atoms with Gasteiger partial charge in [-0.3, -0.25) is 0 Å². The van der Waals surface area contributed by atoms with Crippen LogP contribution in [0.4, 0.5) is 0 Å². The maximum atomic E-state index is 11.3. The molecule has 0 unspecified atom stereocenters. The molecule has 1 fully saturated rings. The van der Waals surface area contributed by atoms with E-state index in [1.54, 1.807) is 0 Å². The topological polar surface area (TPSA) is 89.6 Å². The molecule has 0 radical (unpaired) electrons. The number of rotatable bonds is 3. The first-order valence-electron chi connectivity index (χ1n) is 4.50. The van der Waals surface area contributed by atoms with Gasteiger partial charge in [-0.05, 0) is 0 Å². The summed E-state index contributed by atoms with van der Waals surface area (Å²) in [6.45, 7) is 3.50. The summed E-state index contributed by atoms with van der Waals surface area (Å²) in [5, 5.41) is 10.2. The van der Waals surface area contributed by atoms with Crippen molar-refractivity contribution in [3.63, 3.8) is 0 Å². The molecule has 0 spiro atoms. The molecule has 0 aromatic heterocycles. The molecule has 0 aliphatic carbocycles. The molecule has 1 aliphatic rings. The Balaban J connectivity index is 3.12. The zero-order valence-corrected chi connectivity index (χ0v) is 8.18.